The van der Waals surface area contributed by atoms with E-state index in [-0.39, 0.29) is 23.0 Å². The maximum atomic E-state index is 12.9. The number of nitrogens with one attached hydrogen (secondary N) is 1. The van der Waals surface area contributed by atoms with Gasteiger partial charge in [0.2, 0.25) is 0 Å². The second-order valence-electron chi connectivity index (χ2n) is 7.46. The monoisotopic (exact) mass is 405 g/mol. The number of carbonyl (C=O) groups is 3. The molecule has 1 aliphatic rings. The molecule has 1 atom stereocenters. The van der Waals surface area contributed by atoms with Crippen LogP contribution in [0.4, 0.5) is 5.69 Å². The van der Waals surface area contributed by atoms with Crippen molar-refractivity contribution in [1.29, 1.82) is 5.26 Å². The molecule has 2 aromatic rings. The highest BCUT2D eigenvalue weighted by Crippen LogP contribution is 2.39. The van der Waals surface area contributed by atoms with Crippen LogP contribution >= 0.6 is 0 Å². The maximum absolute atomic E-state index is 12.9. The van der Waals surface area contributed by atoms with Crippen LogP contribution in [-0.2, 0) is 9.53 Å². The predicted octanol–water partition coefficient (Wildman–Crippen LogP) is 2.93. The van der Waals surface area contributed by atoms with Crippen LogP contribution in [0.3, 0.4) is 0 Å². The quantitative estimate of drug-likeness (QED) is 0.714. The van der Waals surface area contributed by atoms with Gasteiger partial charge in [0.25, 0.3) is 11.8 Å². The Morgan fingerprint density at radius 2 is 1.70 bits per heavy atom. The molecular formula is C23H23N3O4. The topological polar surface area (TPSA) is 99.5 Å². The molecule has 1 unspecified atom stereocenters. The van der Waals surface area contributed by atoms with Gasteiger partial charge in [-0.15, -0.1) is 0 Å². The molecule has 0 heterocycles. The second kappa shape index (κ2) is 8.78. The van der Waals surface area contributed by atoms with E-state index in [1.807, 2.05) is 18.2 Å². The van der Waals surface area contributed by atoms with E-state index in [1.165, 1.54) is 17.0 Å². The third kappa shape index (κ3) is 4.66. The van der Waals surface area contributed by atoms with Crippen molar-refractivity contribution in [3.05, 3.63) is 65.7 Å². The SMILES string of the molecule is CN(C(=O)c1ccccc1C(=O)OCC(=O)NC(C)(C#N)C1CC1)c1ccccc1. The number of ether oxygens (including phenoxy) is 1. The molecule has 1 aliphatic carbocycles. The van der Waals surface area contributed by atoms with E-state index in [2.05, 4.69) is 11.4 Å². The van der Waals surface area contributed by atoms with Crippen LogP contribution in [0.2, 0.25) is 0 Å². The number of carbonyl (C=O) groups excluding carboxylic acids is 3. The standard InChI is InChI=1S/C23H23N3O4/c1-23(15-24,16-12-13-16)25-20(27)14-30-22(29)19-11-7-6-10-18(19)21(28)26(2)17-8-4-3-5-9-17/h3-11,16H,12-14H2,1-2H3,(H,25,27). The molecule has 154 valence electrons. The van der Waals surface area contributed by atoms with E-state index in [4.69, 9.17) is 4.74 Å². The van der Waals surface area contributed by atoms with Crippen molar-refractivity contribution >= 4 is 23.5 Å². The molecule has 7 heteroatoms. The fraction of sp³-hybridized carbons (Fsp3) is 0.304. The predicted molar refractivity (Wildman–Crippen MR) is 111 cm³/mol. The summed E-state index contributed by atoms with van der Waals surface area (Å²) in [6.07, 6.45) is 1.77. The number of nitriles is 1. The van der Waals surface area contributed by atoms with Crippen LogP contribution in [0.5, 0.6) is 0 Å². The first kappa shape index (κ1) is 21.1. The Morgan fingerprint density at radius 1 is 1.10 bits per heavy atom. The Labute approximate surface area is 175 Å². The van der Waals surface area contributed by atoms with E-state index in [0.717, 1.165) is 12.8 Å². The number of rotatable bonds is 7. The summed E-state index contributed by atoms with van der Waals surface area (Å²) in [6, 6.07) is 17.5. The average Bonchev–Trinajstić information content (AvgIpc) is 3.63. The number of hydrogen-bond donors (Lipinski definition) is 1. The van der Waals surface area contributed by atoms with Crippen LogP contribution in [0.25, 0.3) is 0 Å². The Hall–Kier alpha value is -3.66. The number of anilines is 1. The van der Waals surface area contributed by atoms with Crippen molar-refractivity contribution in [2.24, 2.45) is 5.92 Å². The molecule has 0 radical (unpaired) electrons. The van der Waals surface area contributed by atoms with Gasteiger partial charge in [-0.1, -0.05) is 30.3 Å². The minimum absolute atomic E-state index is 0.0725. The first-order valence-electron chi connectivity index (χ1n) is 9.67. The molecule has 2 aromatic carbocycles. The minimum Gasteiger partial charge on any atom is -0.452 e. The third-order valence-electron chi connectivity index (χ3n) is 5.19. The van der Waals surface area contributed by atoms with Gasteiger partial charge in [-0.2, -0.15) is 5.26 Å². The Bertz CT molecular complexity index is 995. The van der Waals surface area contributed by atoms with Crippen molar-refractivity contribution in [3.63, 3.8) is 0 Å². The fourth-order valence-corrected chi connectivity index (χ4v) is 3.21. The smallest absolute Gasteiger partial charge is 0.339 e. The molecule has 30 heavy (non-hydrogen) atoms. The molecule has 1 N–H and O–H groups in total. The van der Waals surface area contributed by atoms with Gasteiger partial charge >= 0.3 is 5.97 Å². The van der Waals surface area contributed by atoms with Gasteiger partial charge in [-0.3, -0.25) is 9.59 Å². The molecule has 0 bridgehead atoms. The van der Waals surface area contributed by atoms with Gasteiger partial charge in [0.15, 0.2) is 6.61 Å². The number of amides is 2. The summed E-state index contributed by atoms with van der Waals surface area (Å²) in [5.41, 5.74) is -0.0335. The number of benzene rings is 2. The highest BCUT2D eigenvalue weighted by molar-refractivity contribution is 6.12. The van der Waals surface area contributed by atoms with Crippen LogP contribution in [0, 0.1) is 17.2 Å². The molecule has 1 saturated carbocycles. The molecular weight excluding hydrogens is 382 g/mol. The summed E-state index contributed by atoms with van der Waals surface area (Å²) in [7, 11) is 1.62. The summed E-state index contributed by atoms with van der Waals surface area (Å²) in [4.78, 5) is 39.1. The number of esters is 1. The summed E-state index contributed by atoms with van der Waals surface area (Å²) < 4.78 is 5.13. The molecule has 0 saturated heterocycles. The lowest BCUT2D eigenvalue weighted by Gasteiger charge is -2.22. The van der Waals surface area contributed by atoms with Crippen molar-refractivity contribution in [1.82, 2.24) is 5.32 Å². The minimum atomic E-state index is -0.963. The molecule has 0 spiro atoms. The van der Waals surface area contributed by atoms with Crippen molar-refractivity contribution in [2.45, 2.75) is 25.3 Å². The average molecular weight is 405 g/mol. The second-order valence-corrected chi connectivity index (χ2v) is 7.46. The van der Waals surface area contributed by atoms with Gasteiger partial charge in [-0.25, -0.2) is 4.79 Å². The van der Waals surface area contributed by atoms with Crippen LogP contribution < -0.4 is 10.2 Å². The largest absolute Gasteiger partial charge is 0.452 e. The molecule has 3 rings (SSSR count). The molecule has 1 fully saturated rings. The normalized spacial score (nSPS) is 14.7. The lowest BCUT2D eigenvalue weighted by molar-refractivity contribution is -0.125. The first-order chi connectivity index (χ1) is 14.4. The fourth-order valence-electron chi connectivity index (χ4n) is 3.21. The van der Waals surface area contributed by atoms with Gasteiger partial charge in [0.1, 0.15) is 5.54 Å². The van der Waals surface area contributed by atoms with E-state index in [0.29, 0.717) is 5.69 Å². The van der Waals surface area contributed by atoms with E-state index in [1.54, 1.807) is 38.2 Å². The zero-order valence-electron chi connectivity index (χ0n) is 16.9. The summed E-state index contributed by atoms with van der Waals surface area (Å²) in [6.45, 7) is 1.14. The van der Waals surface area contributed by atoms with Gasteiger partial charge in [0.05, 0.1) is 17.2 Å². The van der Waals surface area contributed by atoms with E-state index >= 15 is 0 Å². The molecule has 0 aromatic heterocycles. The van der Waals surface area contributed by atoms with Crippen LogP contribution in [0.1, 0.15) is 40.5 Å². The highest BCUT2D eigenvalue weighted by Gasteiger charge is 2.43. The zero-order valence-corrected chi connectivity index (χ0v) is 16.9. The van der Waals surface area contributed by atoms with Gasteiger partial charge in [0, 0.05) is 12.7 Å². The Kier molecular flexibility index (Phi) is 6.17. The summed E-state index contributed by atoms with van der Waals surface area (Å²) >= 11 is 0. The maximum Gasteiger partial charge on any atom is 0.339 e. The summed E-state index contributed by atoms with van der Waals surface area (Å²) in [5.74, 6) is -1.58. The lowest BCUT2D eigenvalue weighted by atomic mass is 9.98. The third-order valence-corrected chi connectivity index (χ3v) is 5.19. The van der Waals surface area contributed by atoms with Crippen LogP contribution in [0.15, 0.2) is 54.6 Å². The Balaban J connectivity index is 1.68. The van der Waals surface area contributed by atoms with Crippen LogP contribution in [-0.4, -0.2) is 37.0 Å². The Morgan fingerprint density at radius 3 is 2.30 bits per heavy atom. The summed E-state index contributed by atoms with van der Waals surface area (Å²) in [5, 5.41) is 12.0. The van der Waals surface area contributed by atoms with Gasteiger partial charge in [-0.05, 0) is 49.9 Å². The van der Waals surface area contributed by atoms with E-state index < -0.39 is 24.0 Å². The molecule has 0 aliphatic heterocycles. The van der Waals surface area contributed by atoms with Crippen molar-refractivity contribution in [3.8, 4) is 6.07 Å². The van der Waals surface area contributed by atoms with Crippen molar-refractivity contribution < 1.29 is 19.1 Å². The zero-order chi connectivity index (χ0) is 21.7. The van der Waals surface area contributed by atoms with Gasteiger partial charge < -0.3 is 15.0 Å². The molecule has 7 nitrogen and oxygen atoms in total. The number of para-hydroxylation sites is 1. The molecule has 2 amide bonds. The first-order valence-corrected chi connectivity index (χ1v) is 9.67. The van der Waals surface area contributed by atoms with E-state index in [9.17, 15) is 19.6 Å². The highest BCUT2D eigenvalue weighted by atomic mass is 16.5. The number of nitrogens with zero attached hydrogens (tertiary/aromatic N) is 2. The lowest BCUT2D eigenvalue weighted by Crippen LogP contribution is -2.48. The number of hydrogen-bond acceptors (Lipinski definition) is 5. The van der Waals surface area contributed by atoms with Crippen molar-refractivity contribution in [2.75, 3.05) is 18.6 Å².